The minimum atomic E-state index is -0.467. The predicted octanol–water partition coefficient (Wildman–Crippen LogP) is 2.85. The van der Waals surface area contributed by atoms with Crippen molar-refractivity contribution in [2.45, 2.75) is 6.92 Å². The summed E-state index contributed by atoms with van der Waals surface area (Å²) in [4.78, 5) is 34.2. The third-order valence-electron chi connectivity index (χ3n) is 4.80. The Balaban J connectivity index is 1.54. The molecule has 2 aromatic carbocycles. The zero-order valence-corrected chi connectivity index (χ0v) is 16.9. The molecule has 0 spiro atoms. The molecule has 2 amide bonds. The molecule has 0 saturated heterocycles. The number of imide groups is 1. The molecule has 0 radical (unpaired) electrons. The van der Waals surface area contributed by atoms with Crippen molar-refractivity contribution < 1.29 is 14.7 Å². The van der Waals surface area contributed by atoms with E-state index in [1.165, 1.54) is 6.08 Å². The fourth-order valence-corrected chi connectivity index (χ4v) is 3.22. The van der Waals surface area contributed by atoms with Crippen molar-refractivity contribution in [2.24, 2.45) is 0 Å². The standard InChI is InChI=1S/C23H21N5O3/c1-15-5-2-3-8-18(15)26-20-9-10-24-22(27-20)16-6-4-7-17(13-16)25-19-14-21(30)28(11-12-29)23(19)31/h2-10,13-14,25,29H,11-12H2,1H3,(H,24,26,27). The van der Waals surface area contributed by atoms with Crippen LogP contribution in [0.3, 0.4) is 0 Å². The highest BCUT2D eigenvalue weighted by molar-refractivity contribution is 6.17. The minimum absolute atomic E-state index is 0.0338. The first-order valence-corrected chi connectivity index (χ1v) is 9.77. The van der Waals surface area contributed by atoms with Gasteiger partial charge in [0.25, 0.3) is 11.8 Å². The molecule has 31 heavy (non-hydrogen) atoms. The van der Waals surface area contributed by atoms with Crippen LogP contribution in [0, 0.1) is 6.92 Å². The first-order valence-electron chi connectivity index (χ1n) is 9.77. The molecule has 0 saturated carbocycles. The van der Waals surface area contributed by atoms with Gasteiger partial charge in [0.2, 0.25) is 0 Å². The van der Waals surface area contributed by atoms with Crippen LogP contribution in [0.25, 0.3) is 11.4 Å². The van der Waals surface area contributed by atoms with E-state index in [1.807, 2.05) is 43.3 Å². The summed E-state index contributed by atoms with van der Waals surface area (Å²) in [5, 5.41) is 15.3. The van der Waals surface area contributed by atoms with E-state index in [1.54, 1.807) is 24.4 Å². The van der Waals surface area contributed by atoms with Gasteiger partial charge in [-0.1, -0.05) is 30.3 Å². The number of aliphatic hydroxyl groups is 1. The van der Waals surface area contributed by atoms with E-state index < -0.39 is 11.8 Å². The number of aromatic nitrogens is 2. The molecule has 1 aliphatic heterocycles. The predicted molar refractivity (Wildman–Crippen MR) is 117 cm³/mol. The molecule has 1 aliphatic rings. The smallest absolute Gasteiger partial charge is 0.277 e. The summed E-state index contributed by atoms with van der Waals surface area (Å²) >= 11 is 0. The lowest BCUT2D eigenvalue weighted by molar-refractivity contribution is -0.137. The molecule has 3 aromatic rings. The molecular weight excluding hydrogens is 394 g/mol. The third-order valence-corrected chi connectivity index (χ3v) is 4.80. The van der Waals surface area contributed by atoms with E-state index in [4.69, 9.17) is 5.11 Å². The Hall–Kier alpha value is -4.04. The summed E-state index contributed by atoms with van der Waals surface area (Å²) in [5.41, 5.74) is 3.60. The molecule has 0 unspecified atom stereocenters. The van der Waals surface area contributed by atoms with Crippen LogP contribution in [0.2, 0.25) is 0 Å². The maximum Gasteiger partial charge on any atom is 0.277 e. The summed E-state index contributed by atoms with van der Waals surface area (Å²) in [5.74, 6) is 0.268. The Labute approximate surface area is 179 Å². The number of nitrogens with zero attached hydrogens (tertiary/aromatic N) is 3. The Morgan fingerprint density at radius 3 is 2.68 bits per heavy atom. The van der Waals surface area contributed by atoms with Crippen molar-refractivity contribution >= 4 is 29.0 Å². The number of rotatable bonds is 7. The van der Waals surface area contributed by atoms with Crippen LogP contribution in [-0.4, -0.2) is 44.9 Å². The van der Waals surface area contributed by atoms with Crippen LogP contribution in [0.5, 0.6) is 0 Å². The van der Waals surface area contributed by atoms with Gasteiger partial charge in [0.05, 0.1) is 13.2 Å². The summed E-state index contributed by atoms with van der Waals surface area (Å²) in [7, 11) is 0. The Kier molecular flexibility index (Phi) is 5.72. The molecule has 3 N–H and O–H groups in total. The lowest BCUT2D eigenvalue weighted by Crippen LogP contribution is -2.34. The summed E-state index contributed by atoms with van der Waals surface area (Å²) in [6, 6.07) is 17.0. The molecule has 0 bridgehead atoms. The zero-order chi connectivity index (χ0) is 21.8. The molecule has 8 heteroatoms. The quantitative estimate of drug-likeness (QED) is 0.509. The molecule has 0 aliphatic carbocycles. The Morgan fingerprint density at radius 1 is 1.03 bits per heavy atom. The molecule has 156 valence electrons. The zero-order valence-electron chi connectivity index (χ0n) is 16.9. The van der Waals surface area contributed by atoms with Gasteiger partial charge in [-0.3, -0.25) is 14.5 Å². The first-order chi connectivity index (χ1) is 15.0. The van der Waals surface area contributed by atoms with Crippen molar-refractivity contribution in [1.29, 1.82) is 0 Å². The Morgan fingerprint density at radius 2 is 1.87 bits per heavy atom. The summed E-state index contributed by atoms with van der Waals surface area (Å²) < 4.78 is 0. The normalized spacial score (nSPS) is 13.4. The molecular formula is C23H21N5O3. The lowest BCUT2D eigenvalue weighted by atomic mass is 10.1. The molecule has 8 nitrogen and oxygen atoms in total. The number of carbonyl (C=O) groups excluding carboxylic acids is 2. The van der Waals surface area contributed by atoms with E-state index in [0.717, 1.165) is 21.7 Å². The van der Waals surface area contributed by atoms with Crippen molar-refractivity contribution in [3.05, 3.63) is 78.1 Å². The van der Waals surface area contributed by atoms with Gasteiger partial charge in [0, 0.05) is 29.2 Å². The van der Waals surface area contributed by atoms with Gasteiger partial charge in [-0.2, -0.15) is 0 Å². The first kappa shape index (κ1) is 20.2. The fourth-order valence-electron chi connectivity index (χ4n) is 3.22. The van der Waals surface area contributed by atoms with Gasteiger partial charge in [-0.05, 0) is 36.8 Å². The Bertz CT molecular complexity index is 1180. The molecule has 2 heterocycles. The number of benzene rings is 2. The van der Waals surface area contributed by atoms with Crippen LogP contribution in [-0.2, 0) is 9.59 Å². The number of aryl methyl sites for hydroxylation is 1. The highest BCUT2D eigenvalue weighted by Gasteiger charge is 2.30. The maximum atomic E-state index is 12.3. The third kappa shape index (κ3) is 4.44. The lowest BCUT2D eigenvalue weighted by Gasteiger charge is -2.13. The monoisotopic (exact) mass is 415 g/mol. The maximum absolute atomic E-state index is 12.3. The van der Waals surface area contributed by atoms with Crippen LogP contribution in [0.15, 0.2) is 72.6 Å². The highest BCUT2D eigenvalue weighted by Crippen LogP contribution is 2.24. The largest absolute Gasteiger partial charge is 0.395 e. The molecule has 1 aromatic heterocycles. The second-order valence-electron chi connectivity index (χ2n) is 6.99. The summed E-state index contributed by atoms with van der Waals surface area (Å²) in [6.07, 6.45) is 2.91. The van der Waals surface area contributed by atoms with E-state index in [-0.39, 0.29) is 18.8 Å². The number of anilines is 3. The molecule has 0 fully saturated rings. The fraction of sp³-hybridized carbons (Fsp3) is 0.130. The van der Waals surface area contributed by atoms with Crippen molar-refractivity contribution in [1.82, 2.24) is 14.9 Å². The van der Waals surface area contributed by atoms with Gasteiger partial charge >= 0.3 is 0 Å². The second-order valence-corrected chi connectivity index (χ2v) is 6.99. The summed E-state index contributed by atoms with van der Waals surface area (Å²) in [6.45, 7) is 1.71. The number of aliphatic hydroxyl groups excluding tert-OH is 1. The van der Waals surface area contributed by atoms with Gasteiger partial charge in [-0.25, -0.2) is 9.97 Å². The van der Waals surface area contributed by atoms with Crippen LogP contribution >= 0.6 is 0 Å². The average Bonchev–Trinajstić information content (AvgIpc) is 3.03. The van der Waals surface area contributed by atoms with Crippen LogP contribution in [0.1, 0.15) is 5.56 Å². The van der Waals surface area contributed by atoms with Gasteiger partial charge in [0.1, 0.15) is 11.5 Å². The average molecular weight is 415 g/mol. The van der Waals surface area contributed by atoms with Crippen molar-refractivity contribution in [3.8, 4) is 11.4 Å². The van der Waals surface area contributed by atoms with Crippen LogP contribution in [0.4, 0.5) is 17.2 Å². The number of para-hydroxylation sites is 1. The van der Waals surface area contributed by atoms with E-state index in [2.05, 4.69) is 20.6 Å². The van der Waals surface area contributed by atoms with Crippen molar-refractivity contribution in [2.75, 3.05) is 23.8 Å². The van der Waals surface area contributed by atoms with E-state index in [0.29, 0.717) is 17.3 Å². The minimum Gasteiger partial charge on any atom is -0.395 e. The second kappa shape index (κ2) is 8.76. The topological polar surface area (TPSA) is 107 Å². The highest BCUT2D eigenvalue weighted by atomic mass is 16.3. The number of hydrogen-bond donors (Lipinski definition) is 3. The van der Waals surface area contributed by atoms with Gasteiger partial charge in [0.15, 0.2) is 5.82 Å². The van der Waals surface area contributed by atoms with Crippen LogP contribution < -0.4 is 10.6 Å². The number of hydrogen-bond acceptors (Lipinski definition) is 7. The molecule has 4 rings (SSSR count). The van der Waals surface area contributed by atoms with Crippen molar-refractivity contribution in [3.63, 3.8) is 0 Å². The van der Waals surface area contributed by atoms with Gasteiger partial charge in [-0.15, -0.1) is 0 Å². The molecule has 0 atom stereocenters. The number of carbonyl (C=O) groups is 2. The van der Waals surface area contributed by atoms with Gasteiger partial charge < -0.3 is 15.7 Å². The number of amides is 2. The number of β-amino-alcohol motifs (C(OH)–C–C–N with tert-alkyl or cyclic N) is 1. The van der Waals surface area contributed by atoms with E-state index in [9.17, 15) is 9.59 Å². The number of nitrogens with one attached hydrogen (secondary N) is 2. The SMILES string of the molecule is Cc1ccccc1Nc1ccnc(-c2cccc(NC3=CC(=O)N(CCO)C3=O)c2)n1. The van der Waals surface area contributed by atoms with E-state index >= 15 is 0 Å².